The molecule has 0 saturated carbocycles. The molecule has 0 aliphatic rings. The van der Waals surface area contributed by atoms with E-state index >= 15 is 0 Å². The number of aliphatic carboxylic acids is 2. The molecule has 0 aromatic carbocycles. The molecule has 0 heterocycles. The van der Waals surface area contributed by atoms with Crippen molar-refractivity contribution in [3.05, 3.63) is 0 Å². The summed E-state index contributed by atoms with van der Waals surface area (Å²) in [5.41, 5.74) is 0.137. The third kappa shape index (κ3) is 19.4. The Morgan fingerprint density at radius 1 is 0.484 bits per heavy atom. The largest absolute Gasteiger partial charge is 0.481 e. The van der Waals surface area contributed by atoms with Crippen molar-refractivity contribution in [3.8, 4) is 0 Å². The van der Waals surface area contributed by atoms with E-state index in [0.717, 1.165) is 38.5 Å². The maximum absolute atomic E-state index is 11.1. The van der Waals surface area contributed by atoms with E-state index in [1.165, 1.54) is 89.9 Å². The molecule has 0 fully saturated rings. The topological polar surface area (TPSA) is 74.6 Å². The van der Waals surface area contributed by atoms with E-state index in [2.05, 4.69) is 13.8 Å². The van der Waals surface area contributed by atoms with Gasteiger partial charge >= 0.3 is 11.9 Å². The molecule has 0 spiro atoms. The van der Waals surface area contributed by atoms with Gasteiger partial charge in [0.25, 0.3) is 0 Å². The second-order valence-electron chi connectivity index (χ2n) is 9.74. The quantitative estimate of drug-likeness (QED) is 0.147. The van der Waals surface area contributed by atoms with Crippen LogP contribution in [0.1, 0.15) is 155 Å². The Kier molecular flexibility index (Phi) is 20.1. The molecule has 0 aliphatic carbocycles. The second kappa shape index (κ2) is 20.8. The molecule has 0 aromatic rings. The van der Waals surface area contributed by atoms with Gasteiger partial charge < -0.3 is 10.2 Å². The average Bonchev–Trinajstić information content (AvgIpc) is 2.72. The highest BCUT2D eigenvalue weighted by Crippen LogP contribution is 2.41. The van der Waals surface area contributed by atoms with E-state index < -0.39 is 11.9 Å². The zero-order chi connectivity index (χ0) is 23.2. The smallest absolute Gasteiger partial charge is 0.303 e. The van der Waals surface area contributed by atoms with Gasteiger partial charge in [0.05, 0.1) is 0 Å². The lowest BCUT2D eigenvalue weighted by Gasteiger charge is -2.35. The van der Waals surface area contributed by atoms with E-state index in [9.17, 15) is 9.59 Å². The first kappa shape index (κ1) is 29.9. The van der Waals surface area contributed by atoms with Gasteiger partial charge in [0.1, 0.15) is 0 Å². The summed E-state index contributed by atoms with van der Waals surface area (Å²) in [7, 11) is 0. The van der Waals surface area contributed by atoms with Crippen LogP contribution in [0, 0.1) is 5.41 Å². The zero-order valence-electron chi connectivity index (χ0n) is 20.8. The van der Waals surface area contributed by atoms with Crippen molar-refractivity contribution in [3.63, 3.8) is 0 Å². The normalized spacial score (nSPS) is 11.7. The van der Waals surface area contributed by atoms with Gasteiger partial charge in [-0.2, -0.15) is 0 Å². The van der Waals surface area contributed by atoms with Crippen molar-refractivity contribution in [1.82, 2.24) is 0 Å². The van der Waals surface area contributed by atoms with Crippen LogP contribution in [0.4, 0.5) is 0 Å². The van der Waals surface area contributed by atoms with E-state index in [0.29, 0.717) is 0 Å². The second-order valence-corrected chi connectivity index (χ2v) is 9.74. The van der Waals surface area contributed by atoms with Crippen molar-refractivity contribution >= 4 is 11.9 Å². The highest BCUT2D eigenvalue weighted by atomic mass is 16.4. The average molecular weight is 441 g/mol. The van der Waals surface area contributed by atoms with E-state index in [1.54, 1.807) is 0 Å². The molecule has 2 N–H and O–H groups in total. The zero-order valence-corrected chi connectivity index (χ0v) is 20.8. The van der Waals surface area contributed by atoms with Crippen molar-refractivity contribution in [2.75, 3.05) is 0 Å². The number of carbonyl (C=O) groups is 2. The molecule has 0 aromatic heterocycles. The van der Waals surface area contributed by atoms with Gasteiger partial charge in [0, 0.05) is 12.8 Å². The van der Waals surface area contributed by atoms with E-state index in [1.807, 2.05) is 0 Å². The van der Waals surface area contributed by atoms with Gasteiger partial charge in [-0.05, 0) is 43.9 Å². The number of carboxylic acids is 2. The maximum atomic E-state index is 11.1. The van der Waals surface area contributed by atoms with Crippen LogP contribution in [0.3, 0.4) is 0 Å². The van der Waals surface area contributed by atoms with Crippen LogP contribution in [0.25, 0.3) is 0 Å². The summed E-state index contributed by atoms with van der Waals surface area (Å²) in [6.07, 6.45) is 24.0. The van der Waals surface area contributed by atoms with Crippen LogP contribution in [0.2, 0.25) is 0 Å². The molecule has 0 rings (SSSR count). The fraction of sp³-hybridized carbons (Fsp3) is 0.926. The van der Waals surface area contributed by atoms with Crippen LogP contribution in [-0.4, -0.2) is 22.2 Å². The van der Waals surface area contributed by atoms with Gasteiger partial charge in [0.2, 0.25) is 0 Å². The minimum atomic E-state index is -0.716. The molecule has 0 atom stereocenters. The molecule has 0 unspecified atom stereocenters. The van der Waals surface area contributed by atoms with E-state index in [4.69, 9.17) is 10.2 Å². The molecule has 0 radical (unpaired) electrons. The van der Waals surface area contributed by atoms with Gasteiger partial charge in [-0.25, -0.2) is 0 Å². The highest BCUT2D eigenvalue weighted by Gasteiger charge is 2.29. The van der Waals surface area contributed by atoms with Gasteiger partial charge in [-0.3, -0.25) is 9.59 Å². The van der Waals surface area contributed by atoms with Crippen molar-refractivity contribution < 1.29 is 19.8 Å². The first-order valence-electron chi connectivity index (χ1n) is 13.4. The molecule has 4 heteroatoms. The van der Waals surface area contributed by atoms with Gasteiger partial charge in [0.15, 0.2) is 0 Å². The molecule has 0 amide bonds. The summed E-state index contributed by atoms with van der Waals surface area (Å²) in [5, 5.41) is 18.2. The number of carboxylic acid groups (broad SMARTS) is 2. The number of hydrogen-bond donors (Lipinski definition) is 2. The van der Waals surface area contributed by atoms with Crippen LogP contribution in [-0.2, 0) is 9.59 Å². The Bertz CT molecular complexity index is 393. The Labute approximate surface area is 192 Å². The molecular formula is C27H52O4. The standard InChI is InChI=1S/C27H52O4/c1-3-5-7-9-11-13-15-21-27(23-17-19-25(28)29,24-18-20-26(30)31)22-16-14-12-10-8-6-4-2/h3-24H2,1-2H3,(H,28,29)(H,30,31). The molecule has 0 saturated heterocycles. The van der Waals surface area contributed by atoms with Crippen molar-refractivity contribution in [2.24, 2.45) is 5.41 Å². The van der Waals surface area contributed by atoms with Crippen molar-refractivity contribution in [1.29, 1.82) is 0 Å². The van der Waals surface area contributed by atoms with Gasteiger partial charge in [-0.1, -0.05) is 104 Å². The first-order valence-corrected chi connectivity index (χ1v) is 13.4. The van der Waals surface area contributed by atoms with E-state index in [-0.39, 0.29) is 18.3 Å². The minimum Gasteiger partial charge on any atom is -0.481 e. The lowest BCUT2D eigenvalue weighted by Crippen LogP contribution is -2.22. The van der Waals surface area contributed by atoms with Crippen LogP contribution >= 0.6 is 0 Å². The summed E-state index contributed by atoms with van der Waals surface area (Å²) in [4.78, 5) is 22.2. The first-order chi connectivity index (χ1) is 15.0. The molecule has 184 valence electrons. The summed E-state index contributed by atoms with van der Waals surface area (Å²) in [6.45, 7) is 4.48. The molecule has 4 nitrogen and oxygen atoms in total. The molecule has 0 aliphatic heterocycles. The van der Waals surface area contributed by atoms with Crippen LogP contribution in [0.15, 0.2) is 0 Å². The summed E-state index contributed by atoms with van der Waals surface area (Å²) in [6, 6.07) is 0. The minimum absolute atomic E-state index is 0.137. The molecule has 31 heavy (non-hydrogen) atoms. The predicted octanol–water partition coefficient (Wildman–Crippen LogP) is 8.76. The Balaban J connectivity index is 4.72. The Morgan fingerprint density at radius 3 is 1.10 bits per heavy atom. The fourth-order valence-electron chi connectivity index (χ4n) is 4.89. The number of unbranched alkanes of at least 4 members (excludes halogenated alkanes) is 12. The predicted molar refractivity (Wildman–Crippen MR) is 131 cm³/mol. The number of rotatable bonds is 24. The molecule has 0 bridgehead atoms. The Hall–Kier alpha value is -1.06. The SMILES string of the molecule is CCCCCCCCCC(CCCCCCCCC)(CCCC(=O)O)CCCC(=O)O. The summed E-state index contributed by atoms with van der Waals surface area (Å²) < 4.78 is 0. The van der Waals surface area contributed by atoms with Crippen LogP contribution < -0.4 is 0 Å². The summed E-state index contributed by atoms with van der Waals surface area (Å²) in [5.74, 6) is -1.43. The Morgan fingerprint density at radius 2 is 0.774 bits per heavy atom. The lowest BCUT2D eigenvalue weighted by molar-refractivity contribution is -0.138. The molecular weight excluding hydrogens is 388 g/mol. The maximum Gasteiger partial charge on any atom is 0.303 e. The number of hydrogen-bond acceptors (Lipinski definition) is 2. The third-order valence-corrected chi connectivity index (χ3v) is 6.82. The monoisotopic (exact) mass is 440 g/mol. The van der Waals surface area contributed by atoms with Crippen molar-refractivity contribution in [2.45, 2.75) is 155 Å². The third-order valence-electron chi connectivity index (χ3n) is 6.82. The highest BCUT2D eigenvalue weighted by molar-refractivity contribution is 5.66. The summed E-state index contributed by atoms with van der Waals surface area (Å²) >= 11 is 0. The van der Waals surface area contributed by atoms with Crippen LogP contribution in [0.5, 0.6) is 0 Å². The fourth-order valence-corrected chi connectivity index (χ4v) is 4.89. The van der Waals surface area contributed by atoms with Gasteiger partial charge in [-0.15, -0.1) is 0 Å². The lowest BCUT2D eigenvalue weighted by atomic mass is 9.71.